The van der Waals surface area contributed by atoms with Crippen LogP contribution in [0, 0.1) is 0 Å². The zero-order valence-corrected chi connectivity index (χ0v) is 8.00. The van der Waals surface area contributed by atoms with Crippen LogP contribution in [0.2, 0.25) is 0 Å². The quantitative estimate of drug-likeness (QED) is 0.520. The maximum absolute atomic E-state index is 8.55. The normalized spacial score (nSPS) is 18.4. The maximum atomic E-state index is 8.55. The van der Waals surface area contributed by atoms with Crippen molar-refractivity contribution in [3.63, 3.8) is 0 Å². The van der Waals surface area contributed by atoms with Crippen LogP contribution < -0.4 is 9.39 Å². The third-order valence-electron chi connectivity index (χ3n) is 1.90. The Bertz CT molecular complexity index is 309. The number of hydrogen-bond donors (Lipinski definition) is 2. The van der Waals surface area contributed by atoms with Crippen molar-refractivity contribution in [2.75, 3.05) is 13.2 Å². The molecule has 1 aliphatic rings. The third-order valence-corrected chi connectivity index (χ3v) is 1.90. The van der Waals surface area contributed by atoms with Gasteiger partial charge >= 0.3 is 7.32 Å². The van der Waals surface area contributed by atoms with Crippen molar-refractivity contribution in [1.29, 1.82) is 0 Å². The summed E-state index contributed by atoms with van der Waals surface area (Å²) in [5, 5.41) is 17.1. The summed E-state index contributed by atoms with van der Waals surface area (Å²) in [6.07, 6.45) is 0.222. The van der Waals surface area contributed by atoms with Crippen LogP contribution in [0.5, 0.6) is 11.5 Å². The Morgan fingerprint density at radius 2 is 1.87 bits per heavy atom. The molecule has 0 aliphatic carbocycles. The minimum Gasteiger partial charge on any atom is -0.512 e. The smallest absolute Gasteiger partial charge is 0.512 e. The van der Waals surface area contributed by atoms with Crippen LogP contribution in [-0.2, 0) is 4.74 Å². The molecule has 1 saturated heterocycles. The van der Waals surface area contributed by atoms with Crippen molar-refractivity contribution in [3.8, 4) is 11.5 Å². The van der Waals surface area contributed by atoms with Crippen LogP contribution in [0.3, 0.4) is 0 Å². The number of benzene rings is 1. The fourth-order valence-electron chi connectivity index (χ4n) is 1.09. The summed E-state index contributed by atoms with van der Waals surface area (Å²) in [6, 6.07) is 6.59. The summed E-state index contributed by atoms with van der Waals surface area (Å²) in [6.45, 7) is 1.31. The first-order chi connectivity index (χ1) is 7.24. The van der Waals surface area contributed by atoms with Gasteiger partial charge in [0.2, 0.25) is 0 Å². The molecule has 0 saturated carbocycles. The molecule has 0 spiro atoms. The Labute approximate surface area is 87.4 Å². The number of epoxide rings is 1. The van der Waals surface area contributed by atoms with Gasteiger partial charge in [0.15, 0.2) is 0 Å². The van der Waals surface area contributed by atoms with Crippen molar-refractivity contribution >= 4 is 7.32 Å². The highest BCUT2D eigenvalue weighted by molar-refractivity contribution is 6.33. The molecule has 0 aromatic heterocycles. The largest absolute Gasteiger partial charge is 0.707 e. The van der Waals surface area contributed by atoms with E-state index in [1.807, 2.05) is 0 Å². The molecule has 1 fully saturated rings. The SMILES string of the molecule is OB(O)Oc1ccc(OCC2CO2)cc1. The summed E-state index contributed by atoms with van der Waals surface area (Å²) in [4.78, 5) is 0. The van der Waals surface area contributed by atoms with E-state index in [1.54, 1.807) is 24.3 Å². The van der Waals surface area contributed by atoms with Crippen LogP contribution in [0.25, 0.3) is 0 Å². The fraction of sp³-hybridized carbons (Fsp3) is 0.333. The van der Waals surface area contributed by atoms with E-state index in [9.17, 15) is 0 Å². The molecular formula is C9H11BO5. The van der Waals surface area contributed by atoms with Gasteiger partial charge in [0.05, 0.1) is 6.61 Å². The van der Waals surface area contributed by atoms with Gasteiger partial charge in [-0.3, -0.25) is 0 Å². The van der Waals surface area contributed by atoms with Gasteiger partial charge in [-0.2, -0.15) is 0 Å². The van der Waals surface area contributed by atoms with Crippen molar-refractivity contribution < 1.29 is 24.2 Å². The summed E-state index contributed by atoms with van der Waals surface area (Å²) < 4.78 is 15.0. The van der Waals surface area contributed by atoms with E-state index in [0.717, 1.165) is 6.61 Å². The molecular weight excluding hydrogens is 199 g/mol. The number of hydrogen-bond acceptors (Lipinski definition) is 5. The van der Waals surface area contributed by atoms with E-state index >= 15 is 0 Å². The van der Waals surface area contributed by atoms with Crippen molar-refractivity contribution in [1.82, 2.24) is 0 Å². The zero-order chi connectivity index (χ0) is 10.7. The number of rotatable bonds is 5. The summed E-state index contributed by atoms with van der Waals surface area (Å²) in [5.41, 5.74) is 0. The Morgan fingerprint density at radius 3 is 2.40 bits per heavy atom. The van der Waals surface area contributed by atoms with E-state index in [0.29, 0.717) is 18.1 Å². The molecule has 1 atom stereocenters. The molecule has 1 unspecified atom stereocenters. The monoisotopic (exact) mass is 210 g/mol. The van der Waals surface area contributed by atoms with Crippen LogP contribution >= 0.6 is 0 Å². The molecule has 1 aliphatic heterocycles. The molecule has 2 rings (SSSR count). The average molecular weight is 210 g/mol. The van der Waals surface area contributed by atoms with Gasteiger partial charge in [0.1, 0.15) is 24.2 Å². The van der Waals surface area contributed by atoms with Gasteiger partial charge < -0.3 is 24.2 Å². The number of ether oxygens (including phenoxy) is 2. The molecule has 0 radical (unpaired) electrons. The topological polar surface area (TPSA) is 71.5 Å². The lowest BCUT2D eigenvalue weighted by molar-refractivity contribution is 0.262. The average Bonchev–Trinajstić information content (AvgIpc) is 2.99. The summed E-state index contributed by atoms with van der Waals surface area (Å²) in [5.74, 6) is 1.07. The Kier molecular flexibility index (Phi) is 3.10. The second kappa shape index (κ2) is 4.52. The standard InChI is InChI=1S/C9H11BO5/c11-10(12)15-8-3-1-7(2-4-8)13-5-9-6-14-9/h1-4,9,11-12H,5-6H2. The van der Waals surface area contributed by atoms with E-state index in [2.05, 4.69) is 4.65 Å². The van der Waals surface area contributed by atoms with Gasteiger partial charge in [-0.15, -0.1) is 0 Å². The lowest BCUT2D eigenvalue weighted by Crippen LogP contribution is -2.20. The molecule has 15 heavy (non-hydrogen) atoms. The van der Waals surface area contributed by atoms with Crippen molar-refractivity contribution in [2.24, 2.45) is 0 Å². The van der Waals surface area contributed by atoms with Crippen LogP contribution in [0.1, 0.15) is 0 Å². The first kappa shape index (κ1) is 10.3. The van der Waals surface area contributed by atoms with Crippen molar-refractivity contribution in [3.05, 3.63) is 24.3 Å². The Hall–Kier alpha value is -1.24. The molecule has 0 bridgehead atoms. The third kappa shape index (κ3) is 3.43. The molecule has 1 aromatic rings. The van der Waals surface area contributed by atoms with E-state index in [4.69, 9.17) is 19.5 Å². The molecule has 80 valence electrons. The minimum absolute atomic E-state index is 0.222. The fourth-order valence-corrected chi connectivity index (χ4v) is 1.09. The molecule has 0 amide bonds. The lowest BCUT2D eigenvalue weighted by Gasteiger charge is -2.06. The molecule has 2 N–H and O–H groups in total. The predicted molar refractivity (Wildman–Crippen MR) is 52.5 cm³/mol. The van der Waals surface area contributed by atoms with Gasteiger partial charge in [0.25, 0.3) is 0 Å². The Morgan fingerprint density at radius 1 is 1.27 bits per heavy atom. The van der Waals surface area contributed by atoms with Gasteiger partial charge in [0, 0.05) is 0 Å². The summed E-state index contributed by atoms with van der Waals surface area (Å²) >= 11 is 0. The van der Waals surface area contributed by atoms with E-state index < -0.39 is 7.32 Å². The highest BCUT2D eigenvalue weighted by atomic mass is 16.6. The van der Waals surface area contributed by atoms with E-state index in [1.165, 1.54) is 0 Å². The highest BCUT2D eigenvalue weighted by Gasteiger charge is 2.23. The maximum Gasteiger partial charge on any atom is 0.707 e. The predicted octanol–water partition coefficient (Wildman–Crippen LogP) is -0.188. The van der Waals surface area contributed by atoms with Gasteiger partial charge in [-0.1, -0.05) is 0 Å². The molecule has 5 nitrogen and oxygen atoms in total. The molecule has 1 heterocycles. The van der Waals surface area contributed by atoms with Gasteiger partial charge in [-0.25, -0.2) is 0 Å². The van der Waals surface area contributed by atoms with Crippen LogP contribution in [-0.4, -0.2) is 36.7 Å². The summed E-state index contributed by atoms with van der Waals surface area (Å²) in [7, 11) is -1.79. The van der Waals surface area contributed by atoms with Crippen LogP contribution in [0.15, 0.2) is 24.3 Å². The molecule has 1 aromatic carbocycles. The van der Waals surface area contributed by atoms with Crippen LogP contribution in [0.4, 0.5) is 0 Å². The zero-order valence-electron chi connectivity index (χ0n) is 8.00. The molecule has 6 heteroatoms. The van der Waals surface area contributed by atoms with E-state index in [-0.39, 0.29) is 6.10 Å². The van der Waals surface area contributed by atoms with Gasteiger partial charge in [-0.05, 0) is 24.3 Å². The highest BCUT2D eigenvalue weighted by Crippen LogP contribution is 2.19. The second-order valence-electron chi connectivity index (χ2n) is 3.18. The lowest BCUT2D eigenvalue weighted by atomic mass is 10.2. The first-order valence-electron chi connectivity index (χ1n) is 4.61. The Balaban J connectivity index is 1.85. The minimum atomic E-state index is -1.79. The van der Waals surface area contributed by atoms with Crippen molar-refractivity contribution in [2.45, 2.75) is 6.10 Å². The second-order valence-corrected chi connectivity index (χ2v) is 3.18. The first-order valence-corrected chi connectivity index (χ1v) is 4.61.